The molecule has 0 N–H and O–H groups in total. The summed E-state index contributed by atoms with van der Waals surface area (Å²) in [6.07, 6.45) is 1.70. The Morgan fingerprint density at radius 2 is 2.28 bits per heavy atom. The number of carbonyl (C=O) groups excluding carboxylic acids is 1. The lowest BCUT2D eigenvalue weighted by Crippen LogP contribution is -2.00. The minimum absolute atomic E-state index is 0.380. The average molecular weight is 246 g/mol. The number of ether oxygens (including phenoxy) is 1. The van der Waals surface area contributed by atoms with Crippen LogP contribution in [0.15, 0.2) is 28.8 Å². The Bertz CT molecular complexity index is 549. The zero-order valence-electron chi connectivity index (χ0n) is 10.3. The molecule has 1 aromatic heterocycles. The zero-order valence-corrected chi connectivity index (χ0v) is 10.3. The van der Waals surface area contributed by atoms with Crippen LogP contribution in [-0.4, -0.2) is 23.2 Å². The van der Waals surface area contributed by atoms with Gasteiger partial charge >= 0.3 is 5.97 Å². The van der Waals surface area contributed by atoms with Gasteiger partial charge in [0.15, 0.2) is 0 Å². The number of aryl methyl sites for hydroxylation is 1. The number of aromatic nitrogens is 2. The fraction of sp³-hybridized carbons (Fsp3) is 0.308. The van der Waals surface area contributed by atoms with E-state index in [9.17, 15) is 4.79 Å². The van der Waals surface area contributed by atoms with Gasteiger partial charge in [-0.3, -0.25) is 0 Å². The third-order valence-electron chi connectivity index (χ3n) is 2.47. The summed E-state index contributed by atoms with van der Waals surface area (Å²) in [5.74, 6) is 0.717. The van der Waals surface area contributed by atoms with E-state index < -0.39 is 0 Å². The minimum Gasteiger partial charge on any atom is -0.465 e. The summed E-state index contributed by atoms with van der Waals surface area (Å²) in [5.41, 5.74) is 1.21. The highest BCUT2D eigenvalue weighted by Crippen LogP contribution is 2.18. The molecule has 0 fully saturated rings. The van der Waals surface area contributed by atoms with Crippen molar-refractivity contribution in [2.75, 3.05) is 7.11 Å². The minimum atomic E-state index is -0.380. The van der Waals surface area contributed by atoms with Gasteiger partial charge in [0.05, 0.1) is 12.7 Å². The highest BCUT2D eigenvalue weighted by Gasteiger charge is 2.11. The molecule has 1 heterocycles. The van der Waals surface area contributed by atoms with Crippen LogP contribution in [0, 0.1) is 0 Å². The molecule has 0 spiro atoms. The number of carbonyl (C=O) groups is 1. The lowest BCUT2D eigenvalue weighted by Gasteiger charge is -2.00. The van der Waals surface area contributed by atoms with E-state index in [0.29, 0.717) is 17.3 Å². The van der Waals surface area contributed by atoms with Crippen LogP contribution in [0.1, 0.15) is 29.6 Å². The zero-order chi connectivity index (χ0) is 13.0. The Labute approximate surface area is 105 Å². The highest BCUT2D eigenvalue weighted by atomic mass is 16.5. The topological polar surface area (TPSA) is 65.2 Å². The van der Waals surface area contributed by atoms with Crippen LogP contribution in [0.25, 0.3) is 11.4 Å². The molecule has 0 amide bonds. The predicted octanol–water partition coefficient (Wildman–Crippen LogP) is 2.48. The van der Waals surface area contributed by atoms with Crippen molar-refractivity contribution < 1.29 is 14.1 Å². The first-order valence-corrected chi connectivity index (χ1v) is 5.76. The third-order valence-corrected chi connectivity index (χ3v) is 2.47. The van der Waals surface area contributed by atoms with Crippen molar-refractivity contribution in [3.8, 4) is 11.4 Å². The molecule has 0 unspecified atom stereocenters. The van der Waals surface area contributed by atoms with Crippen molar-refractivity contribution in [3.05, 3.63) is 35.7 Å². The van der Waals surface area contributed by atoms with Gasteiger partial charge < -0.3 is 9.26 Å². The van der Waals surface area contributed by atoms with E-state index in [1.54, 1.807) is 18.2 Å². The summed E-state index contributed by atoms with van der Waals surface area (Å²) in [6.45, 7) is 2.04. The molecule has 2 aromatic rings. The van der Waals surface area contributed by atoms with E-state index in [4.69, 9.17) is 4.52 Å². The van der Waals surface area contributed by atoms with Crippen LogP contribution in [0.2, 0.25) is 0 Å². The molecule has 0 bridgehead atoms. The second-order valence-corrected chi connectivity index (χ2v) is 3.83. The van der Waals surface area contributed by atoms with E-state index >= 15 is 0 Å². The van der Waals surface area contributed by atoms with E-state index in [0.717, 1.165) is 18.4 Å². The number of rotatable bonds is 4. The number of nitrogens with zero attached hydrogens (tertiary/aromatic N) is 2. The summed E-state index contributed by atoms with van der Waals surface area (Å²) in [7, 11) is 1.35. The Kier molecular flexibility index (Phi) is 3.72. The van der Waals surface area contributed by atoms with Gasteiger partial charge in [0.25, 0.3) is 0 Å². The molecule has 2 rings (SSSR count). The maximum absolute atomic E-state index is 11.4. The molecular formula is C13H14N2O3. The predicted molar refractivity (Wildman–Crippen MR) is 65.1 cm³/mol. The van der Waals surface area contributed by atoms with Crippen LogP contribution in [-0.2, 0) is 11.2 Å². The van der Waals surface area contributed by atoms with Crippen molar-refractivity contribution >= 4 is 5.97 Å². The van der Waals surface area contributed by atoms with Crippen molar-refractivity contribution in [3.63, 3.8) is 0 Å². The molecule has 5 nitrogen and oxygen atoms in total. The number of hydrogen-bond acceptors (Lipinski definition) is 5. The van der Waals surface area contributed by atoms with Gasteiger partial charge in [0, 0.05) is 12.0 Å². The molecule has 0 atom stereocenters. The van der Waals surface area contributed by atoms with Crippen molar-refractivity contribution in [1.82, 2.24) is 10.1 Å². The van der Waals surface area contributed by atoms with Gasteiger partial charge in [-0.1, -0.05) is 24.2 Å². The summed E-state index contributed by atoms with van der Waals surface area (Å²) in [5, 5.41) is 3.89. The van der Waals surface area contributed by atoms with Crippen LogP contribution < -0.4 is 0 Å². The fourth-order valence-electron chi connectivity index (χ4n) is 1.59. The standard InChI is InChI=1S/C13H14N2O3/c1-3-5-11-14-12(15-18-11)9-6-4-7-10(8-9)13(16)17-2/h4,6-8H,3,5H2,1-2H3. The Balaban J connectivity index is 2.29. The van der Waals surface area contributed by atoms with Gasteiger partial charge in [0.2, 0.25) is 11.7 Å². The van der Waals surface area contributed by atoms with Crippen LogP contribution in [0.4, 0.5) is 0 Å². The molecule has 0 saturated carbocycles. The van der Waals surface area contributed by atoms with Crippen LogP contribution >= 0.6 is 0 Å². The molecule has 94 valence electrons. The van der Waals surface area contributed by atoms with E-state index in [1.807, 2.05) is 13.0 Å². The molecule has 0 aliphatic heterocycles. The molecule has 1 aromatic carbocycles. The number of hydrogen-bond donors (Lipinski definition) is 0. The third kappa shape index (κ3) is 2.56. The largest absolute Gasteiger partial charge is 0.465 e. The first kappa shape index (κ1) is 12.3. The fourth-order valence-corrected chi connectivity index (χ4v) is 1.59. The van der Waals surface area contributed by atoms with Gasteiger partial charge in [-0.25, -0.2) is 4.79 Å². The summed E-state index contributed by atoms with van der Waals surface area (Å²) < 4.78 is 9.78. The Morgan fingerprint density at radius 1 is 1.44 bits per heavy atom. The molecular weight excluding hydrogens is 232 g/mol. The molecule has 0 aliphatic rings. The van der Waals surface area contributed by atoms with Crippen LogP contribution in [0.5, 0.6) is 0 Å². The molecule has 0 radical (unpaired) electrons. The van der Waals surface area contributed by atoms with E-state index in [1.165, 1.54) is 7.11 Å². The normalized spacial score (nSPS) is 10.3. The van der Waals surface area contributed by atoms with Crippen molar-refractivity contribution in [2.24, 2.45) is 0 Å². The van der Waals surface area contributed by atoms with Gasteiger partial charge in [0.1, 0.15) is 0 Å². The van der Waals surface area contributed by atoms with Crippen molar-refractivity contribution in [1.29, 1.82) is 0 Å². The maximum atomic E-state index is 11.4. The Hall–Kier alpha value is -2.17. The van der Waals surface area contributed by atoms with Crippen LogP contribution in [0.3, 0.4) is 0 Å². The second kappa shape index (κ2) is 5.44. The molecule has 18 heavy (non-hydrogen) atoms. The molecule has 0 aliphatic carbocycles. The summed E-state index contributed by atoms with van der Waals surface area (Å²) >= 11 is 0. The van der Waals surface area contributed by atoms with Gasteiger partial charge in [-0.15, -0.1) is 0 Å². The van der Waals surface area contributed by atoms with E-state index in [-0.39, 0.29) is 5.97 Å². The average Bonchev–Trinajstić information content (AvgIpc) is 2.87. The second-order valence-electron chi connectivity index (χ2n) is 3.83. The number of esters is 1. The molecule has 5 heteroatoms. The summed E-state index contributed by atoms with van der Waals surface area (Å²) in [6, 6.07) is 6.96. The lowest BCUT2D eigenvalue weighted by atomic mass is 10.1. The first-order valence-electron chi connectivity index (χ1n) is 5.76. The maximum Gasteiger partial charge on any atom is 0.337 e. The quantitative estimate of drug-likeness (QED) is 0.775. The smallest absolute Gasteiger partial charge is 0.337 e. The lowest BCUT2D eigenvalue weighted by molar-refractivity contribution is 0.0601. The number of benzene rings is 1. The Morgan fingerprint density at radius 3 is 3.00 bits per heavy atom. The monoisotopic (exact) mass is 246 g/mol. The van der Waals surface area contributed by atoms with Crippen molar-refractivity contribution in [2.45, 2.75) is 19.8 Å². The SMILES string of the molecule is CCCc1nc(-c2cccc(C(=O)OC)c2)no1. The summed E-state index contributed by atoms with van der Waals surface area (Å²) in [4.78, 5) is 15.7. The number of methoxy groups -OCH3 is 1. The first-order chi connectivity index (χ1) is 8.74. The van der Waals surface area contributed by atoms with E-state index in [2.05, 4.69) is 14.9 Å². The highest BCUT2D eigenvalue weighted by molar-refractivity contribution is 5.90. The molecule has 0 saturated heterocycles. The van der Waals surface area contributed by atoms with Gasteiger partial charge in [-0.05, 0) is 18.6 Å². The van der Waals surface area contributed by atoms with Gasteiger partial charge in [-0.2, -0.15) is 4.98 Å².